The van der Waals surface area contributed by atoms with Crippen LogP contribution >= 0.6 is 0 Å². The van der Waals surface area contributed by atoms with Gasteiger partial charge in [-0.3, -0.25) is 10.1 Å². The van der Waals surface area contributed by atoms with E-state index in [1.165, 1.54) is 0 Å². The van der Waals surface area contributed by atoms with Crippen LogP contribution in [-0.2, 0) is 6.54 Å². The number of hydrogen-bond donors (Lipinski definition) is 0. The molecule has 17 heavy (non-hydrogen) atoms. The first-order valence-corrected chi connectivity index (χ1v) is 5.29. The predicted molar refractivity (Wildman–Crippen MR) is 64.8 cm³/mol. The molecule has 0 saturated carbocycles. The zero-order chi connectivity index (χ0) is 13.2. The number of nitrogens with zero attached hydrogens (tertiary/aromatic N) is 3. The van der Waals surface area contributed by atoms with Gasteiger partial charge in [-0.25, -0.2) is 0 Å². The largest absolute Gasteiger partial charge is 0.361 e. The minimum atomic E-state index is -0.370. The highest BCUT2D eigenvalue weighted by Crippen LogP contribution is 2.23. The molecule has 0 fully saturated rings. The Bertz CT molecular complexity index is 529. The van der Waals surface area contributed by atoms with E-state index in [2.05, 4.69) is 4.79 Å². The van der Waals surface area contributed by atoms with Gasteiger partial charge in [0.25, 0.3) is 5.71 Å². The maximum absolute atomic E-state index is 10.7. The van der Waals surface area contributed by atoms with Crippen LogP contribution in [0, 0.1) is 30.9 Å². The van der Waals surface area contributed by atoms with Gasteiger partial charge < -0.3 is 5.53 Å². The zero-order valence-electron chi connectivity index (χ0n) is 10.4. The molecule has 0 atom stereocenters. The van der Waals surface area contributed by atoms with Crippen LogP contribution in [-0.4, -0.2) is 15.4 Å². The standard InChI is InChI=1S/C12H15N3O2/c1-7-5-11(10(4)14-13)12(6-15(16)17)9(3)8(7)2/h5H,6H2,1-4H3. The lowest BCUT2D eigenvalue weighted by Crippen LogP contribution is -2.11. The van der Waals surface area contributed by atoms with E-state index in [4.69, 9.17) is 5.53 Å². The van der Waals surface area contributed by atoms with Gasteiger partial charge in [0.1, 0.15) is 0 Å². The number of aryl methyl sites for hydroxylation is 1. The minimum Gasteiger partial charge on any atom is -0.361 e. The average molecular weight is 233 g/mol. The molecule has 0 heterocycles. The molecule has 1 rings (SSSR count). The quantitative estimate of drug-likeness (QED) is 0.264. The Morgan fingerprint density at radius 2 is 2.00 bits per heavy atom. The average Bonchev–Trinajstić information content (AvgIpc) is 2.28. The number of benzene rings is 1. The van der Waals surface area contributed by atoms with E-state index in [1.807, 2.05) is 26.8 Å². The molecule has 0 aliphatic heterocycles. The topological polar surface area (TPSA) is 79.5 Å². The van der Waals surface area contributed by atoms with Crippen LogP contribution in [0.3, 0.4) is 0 Å². The normalized spacial score (nSPS) is 9.88. The molecular formula is C12H15N3O2. The van der Waals surface area contributed by atoms with Crippen LogP contribution in [0.5, 0.6) is 0 Å². The molecule has 0 aliphatic rings. The van der Waals surface area contributed by atoms with Crippen molar-refractivity contribution in [3.63, 3.8) is 0 Å². The summed E-state index contributed by atoms with van der Waals surface area (Å²) in [6, 6.07) is 1.83. The van der Waals surface area contributed by atoms with Crippen molar-refractivity contribution in [1.82, 2.24) is 0 Å². The van der Waals surface area contributed by atoms with Gasteiger partial charge in [0.05, 0.1) is 5.56 Å². The Labute approximate surface area is 99.9 Å². The Morgan fingerprint density at radius 1 is 1.41 bits per heavy atom. The summed E-state index contributed by atoms with van der Waals surface area (Å²) in [5, 5.41) is 10.7. The van der Waals surface area contributed by atoms with Crippen molar-refractivity contribution in [2.45, 2.75) is 34.2 Å². The summed E-state index contributed by atoms with van der Waals surface area (Å²) >= 11 is 0. The van der Waals surface area contributed by atoms with Crippen molar-refractivity contribution in [1.29, 1.82) is 0 Å². The molecule has 0 aliphatic carbocycles. The summed E-state index contributed by atoms with van der Waals surface area (Å²) < 4.78 is 0. The maximum Gasteiger partial charge on any atom is 0.296 e. The van der Waals surface area contributed by atoms with E-state index in [0.29, 0.717) is 16.8 Å². The highest BCUT2D eigenvalue weighted by atomic mass is 16.6. The minimum absolute atomic E-state index is 0.255. The molecule has 0 saturated heterocycles. The first-order chi connectivity index (χ1) is 7.88. The highest BCUT2D eigenvalue weighted by Gasteiger charge is 2.20. The first-order valence-electron chi connectivity index (χ1n) is 5.29. The monoisotopic (exact) mass is 233 g/mol. The van der Waals surface area contributed by atoms with Crippen LogP contribution in [0.4, 0.5) is 0 Å². The molecule has 5 heteroatoms. The molecule has 0 unspecified atom stereocenters. The Hall–Kier alpha value is -2.00. The van der Waals surface area contributed by atoms with Crippen LogP contribution < -0.4 is 0 Å². The van der Waals surface area contributed by atoms with Crippen molar-refractivity contribution in [2.24, 2.45) is 0 Å². The molecule has 0 N–H and O–H groups in total. The second kappa shape index (κ2) is 4.89. The maximum atomic E-state index is 10.7. The van der Waals surface area contributed by atoms with Gasteiger partial charge in [-0.15, -0.1) is 0 Å². The number of nitro groups is 1. The van der Waals surface area contributed by atoms with Gasteiger partial charge in [0.2, 0.25) is 6.54 Å². The molecule has 1 aromatic carbocycles. The summed E-state index contributed by atoms with van der Waals surface area (Å²) in [6.45, 7) is 7.10. The number of hydrogen-bond acceptors (Lipinski definition) is 2. The van der Waals surface area contributed by atoms with Gasteiger partial charge in [0.15, 0.2) is 0 Å². The van der Waals surface area contributed by atoms with Gasteiger partial charge in [-0.1, -0.05) is 0 Å². The highest BCUT2D eigenvalue weighted by molar-refractivity contribution is 5.96. The fourth-order valence-corrected chi connectivity index (χ4v) is 1.85. The first kappa shape index (κ1) is 13.1. The molecule has 0 radical (unpaired) electrons. The van der Waals surface area contributed by atoms with E-state index in [0.717, 1.165) is 16.7 Å². The van der Waals surface area contributed by atoms with Gasteiger partial charge in [0, 0.05) is 17.4 Å². The Balaban J connectivity index is 3.57. The van der Waals surface area contributed by atoms with Crippen LogP contribution in [0.1, 0.15) is 34.7 Å². The van der Waals surface area contributed by atoms with Gasteiger partial charge >= 0.3 is 0 Å². The summed E-state index contributed by atoms with van der Waals surface area (Å²) in [6.07, 6.45) is 0. The van der Waals surface area contributed by atoms with Gasteiger partial charge in [-0.2, -0.15) is 4.79 Å². The molecule has 0 aromatic heterocycles. The van der Waals surface area contributed by atoms with Crippen molar-refractivity contribution in [2.75, 3.05) is 0 Å². The van der Waals surface area contributed by atoms with Crippen molar-refractivity contribution >= 4 is 5.71 Å². The Morgan fingerprint density at radius 3 is 2.47 bits per heavy atom. The molecular weight excluding hydrogens is 218 g/mol. The third kappa shape index (κ3) is 2.57. The van der Waals surface area contributed by atoms with Crippen molar-refractivity contribution in [3.05, 3.63) is 49.5 Å². The van der Waals surface area contributed by atoms with Crippen molar-refractivity contribution < 1.29 is 9.71 Å². The second-order valence-corrected chi connectivity index (χ2v) is 4.15. The zero-order valence-corrected chi connectivity index (χ0v) is 10.4. The van der Waals surface area contributed by atoms with Crippen molar-refractivity contribution in [3.8, 4) is 0 Å². The number of rotatable bonds is 3. The summed E-state index contributed by atoms with van der Waals surface area (Å²) in [5.74, 6) is 0. The van der Waals surface area contributed by atoms with Crippen LogP contribution in [0.15, 0.2) is 6.07 Å². The van der Waals surface area contributed by atoms with E-state index in [9.17, 15) is 10.1 Å². The molecule has 0 spiro atoms. The third-order valence-electron chi connectivity index (χ3n) is 3.12. The smallest absolute Gasteiger partial charge is 0.296 e. The molecule has 5 nitrogen and oxygen atoms in total. The van der Waals surface area contributed by atoms with Gasteiger partial charge in [-0.05, 0) is 43.5 Å². The van der Waals surface area contributed by atoms with Crippen LogP contribution in [0.2, 0.25) is 0 Å². The van der Waals surface area contributed by atoms with E-state index in [-0.39, 0.29) is 11.5 Å². The van der Waals surface area contributed by atoms with Crippen LogP contribution in [0.25, 0.3) is 5.53 Å². The molecule has 90 valence electrons. The van der Waals surface area contributed by atoms with E-state index in [1.54, 1.807) is 6.92 Å². The fourth-order valence-electron chi connectivity index (χ4n) is 1.85. The molecule has 1 aromatic rings. The molecule has 0 bridgehead atoms. The summed E-state index contributed by atoms with van der Waals surface area (Å²) in [7, 11) is 0. The summed E-state index contributed by atoms with van der Waals surface area (Å²) in [5.41, 5.74) is 13.4. The van der Waals surface area contributed by atoms with E-state index < -0.39 is 0 Å². The SMILES string of the molecule is CC(=[N+]=[N-])c1cc(C)c(C)c(C)c1C[N+](=O)[O-]. The lowest BCUT2D eigenvalue weighted by molar-refractivity contribution is -0.496. The fraction of sp³-hybridized carbons (Fsp3) is 0.417. The molecule has 0 amide bonds. The lowest BCUT2D eigenvalue weighted by Gasteiger charge is -2.11. The lowest BCUT2D eigenvalue weighted by atomic mass is 9.92. The summed E-state index contributed by atoms with van der Waals surface area (Å²) in [4.78, 5) is 13.4. The second-order valence-electron chi connectivity index (χ2n) is 4.15. The third-order valence-corrected chi connectivity index (χ3v) is 3.12. The predicted octanol–water partition coefficient (Wildman–Crippen LogP) is 2.43. The van der Waals surface area contributed by atoms with E-state index >= 15 is 0 Å². The Kier molecular flexibility index (Phi) is 3.76.